The average Bonchev–Trinajstić information content (AvgIpc) is 2.24. The van der Waals surface area contributed by atoms with E-state index in [1.807, 2.05) is 0 Å². The number of esters is 1. The zero-order valence-electron chi connectivity index (χ0n) is 9.11. The third-order valence-corrected chi connectivity index (χ3v) is 1.80. The summed E-state index contributed by atoms with van der Waals surface area (Å²) in [6.07, 6.45) is -5.15. The molecule has 104 valence electrons. The number of nitrogens with zero attached hydrogens (tertiary/aromatic N) is 1. The van der Waals surface area contributed by atoms with Gasteiger partial charge in [0, 0.05) is 0 Å². The SMILES string of the molecule is COC(=O)c1c([N+](=O)[O-])cc(OC(F)(F)F)[nH]c1=O. The Hall–Kier alpha value is -2.59. The number of carbonyl (C=O) groups excluding carboxylic acids is 1. The standard InChI is InChI=1S/C8H5F3N2O6/c1-18-7(15)5-3(13(16)17)2-4(12-6(5)14)19-8(9,10)11/h2H,1H3,(H,12,14). The number of H-pyrrole nitrogens is 1. The first-order valence-electron chi connectivity index (χ1n) is 4.41. The molecule has 1 N–H and O–H groups in total. The molecule has 0 saturated carbocycles. The van der Waals surface area contributed by atoms with Gasteiger partial charge in [-0.2, -0.15) is 0 Å². The van der Waals surface area contributed by atoms with E-state index < -0.39 is 39.9 Å². The van der Waals surface area contributed by atoms with Crippen LogP contribution < -0.4 is 10.3 Å². The van der Waals surface area contributed by atoms with Crippen LogP contribution in [-0.4, -0.2) is 29.3 Å². The van der Waals surface area contributed by atoms with Crippen LogP contribution >= 0.6 is 0 Å². The first kappa shape index (κ1) is 14.5. The first-order valence-corrected chi connectivity index (χ1v) is 4.41. The van der Waals surface area contributed by atoms with Gasteiger partial charge in [0.25, 0.3) is 11.2 Å². The second kappa shape index (κ2) is 4.96. The maximum atomic E-state index is 11.9. The summed E-state index contributed by atoms with van der Waals surface area (Å²) in [7, 11) is 0.853. The van der Waals surface area contributed by atoms with Gasteiger partial charge in [0.15, 0.2) is 0 Å². The number of pyridine rings is 1. The second-order valence-corrected chi connectivity index (χ2v) is 3.02. The van der Waals surface area contributed by atoms with Crippen molar-refractivity contribution in [3.63, 3.8) is 0 Å². The van der Waals surface area contributed by atoms with Gasteiger partial charge in [-0.25, -0.2) is 4.79 Å². The molecule has 19 heavy (non-hydrogen) atoms. The molecule has 11 heteroatoms. The smallest absolute Gasteiger partial charge is 0.465 e. The quantitative estimate of drug-likeness (QED) is 0.502. The van der Waals surface area contributed by atoms with Crippen molar-refractivity contribution in [2.75, 3.05) is 7.11 Å². The highest BCUT2D eigenvalue weighted by Crippen LogP contribution is 2.25. The van der Waals surface area contributed by atoms with E-state index in [9.17, 15) is 32.9 Å². The molecule has 0 radical (unpaired) electrons. The number of aromatic amines is 1. The summed E-state index contributed by atoms with van der Waals surface area (Å²) in [5, 5.41) is 10.6. The van der Waals surface area contributed by atoms with Crippen LogP contribution in [0.15, 0.2) is 10.9 Å². The van der Waals surface area contributed by atoms with Crippen molar-refractivity contribution in [1.82, 2.24) is 4.98 Å². The zero-order chi connectivity index (χ0) is 14.8. The van der Waals surface area contributed by atoms with Crippen LogP contribution in [0.1, 0.15) is 10.4 Å². The number of hydrogen-bond donors (Lipinski definition) is 1. The molecule has 0 atom stereocenters. The van der Waals surface area contributed by atoms with Gasteiger partial charge in [-0.05, 0) is 0 Å². The van der Waals surface area contributed by atoms with E-state index in [0.717, 1.165) is 7.11 Å². The molecule has 0 spiro atoms. The number of halogens is 3. The van der Waals surface area contributed by atoms with Gasteiger partial charge in [-0.1, -0.05) is 0 Å². The Labute approximate surface area is 101 Å². The van der Waals surface area contributed by atoms with Crippen LogP contribution in [0, 0.1) is 10.1 Å². The number of nitrogens with one attached hydrogen (secondary N) is 1. The van der Waals surface area contributed by atoms with E-state index in [1.165, 1.54) is 4.98 Å². The van der Waals surface area contributed by atoms with E-state index in [4.69, 9.17) is 0 Å². The van der Waals surface area contributed by atoms with Crippen LogP contribution in [-0.2, 0) is 4.74 Å². The zero-order valence-corrected chi connectivity index (χ0v) is 9.11. The predicted molar refractivity (Wildman–Crippen MR) is 51.7 cm³/mol. The lowest BCUT2D eigenvalue weighted by Crippen LogP contribution is -2.24. The fourth-order valence-corrected chi connectivity index (χ4v) is 1.15. The van der Waals surface area contributed by atoms with E-state index in [0.29, 0.717) is 0 Å². The molecule has 1 aromatic rings. The van der Waals surface area contributed by atoms with Gasteiger partial charge in [0.2, 0.25) is 11.4 Å². The van der Waals surface area contributed by atoms with E-state index in [-0.39, 0.29) is 6.07 Å². The maximum absolute atomic E-state index is 11.9. The highest BCUT2D eigenvalue weighted by molar-refractivity contribution is 5.93. The number of aromatic nitrogens is 1. The van der Waals surface area contributed by atoms with Gasteiger partial charge in [-0.3, -0.25) is 19.9 Å². The fourth-order valence-electron chi connectivity index (χ4n) is 1.15. The van der Waals surface area contributed by atoms with Gasteiger partial charge < -0.3 is 9.47 Å². The lowest BCUT2D eigenvalue weighted by Gasteiger charge is -2.08. The van der Waals surface area contributed by atoms with Gasteiger partial charge in [0.05, 0.1) is 18.1 Å². The summed E-state index contributed by atoms with van der Waals surface area (Å²) < 4.78 is 43.2. The molecule has 0 unspecified atom stereocenters. The normalized spacial score (nSPS) is 10.9. The number of nitro groups is 1. The molecule has 0 bridgehead atoms. The Morgan fingerprint density at radius 3 is 2.47 bits per heavy atom. The van der Waals surface area contributed by atoms with Crippen molar-refractivity contribution in [3.8, 4) is 5.88 Å². The highest BCUT2D eigenvalue weighted by Gasteiger charge is 2.34. The molecular formula is C8H5F3N2O6. The molecule has 1 aromatic heterocycles. The summed E-state index contributed by atoms with van der Waals surface area (Å²) in [6.45, 7) is 0. The summed E-state index contributed by atoms with van der Waals surface area (Å²) in [5.41, 5.74) is -3.61. The maximum Gasteiger partial charge on any atom is 0.574 e. The molecule has 8 nitrogen and oxygen atoms in total. The Balaban J connectivity index is 3.42. The molecular weight excluding hydrogens is 277 g/mol. The Morgan fingerprint density at radius 1 is 1.47 bits per heavy atom. The van der Waals surface area contributed by atoms with Crippen molar-refractivity contribution in [2.24, 2.45) is 0 Å². The number of hydrogen-bond acceptors (Lipinski definition) is 6. The monoisotopic (exact) mass is 282 g/mol. The number of carbonyl (C=O) groups is 1. The lowest BCUT2D eigenvalue weighted by atomic mass is 10.2. The number of methoxy groups -OCH3 is 1. The van der Waals surface area contributed by atoms with Crippen LogP contribution in [0.4, 0.5) is 18.9 Å². The van der Waals surface area contributed by atoms with Gasteiger partial charge in [-0.15, -0.1) is 13.2 Å². The van der Waals surface area contributed by atoms with Crippen molar-refractivity contribution in [3.05, 3.63) is 32.1 Å². The van der Waals surface area contributed by atoms with Crippen molar-refractivity contribution >= 4 is 11.7 Å². The molecule has 0 saturated heterocycles. The fraction of sp³-hybridized carbons (Fsp3) is 0.250. The minimum absolute atomic E-state index is 0.265. The van der Waals surface area contributed by atoms with Crippen LogP contribution in [0.2, 0.25) is 0 Å². The topological polar surface area (TPSA) is 112 Å². The second-order valence-electron chi connectivity index (χ2n) is 3.02. The van der Waals surface area contributed by atoms with Crippen LogP contribution in [0.3, 0.4) is 0 Å². The molecule has 0 fully saturated rings. The van der Waals surface area contributed by atoms with E-state index in [1.54, 1.807) is 0 Å². The summed E-state index contributed by atoms with van der Waals surface area (Å²) in [6, 6.07) is 0.265. The van der Waals surface area contributed by atoms with Crippen LogP contribution in [0.5, 0.6) is 5.88 Å². The highest BCUT2D eigenvalue weighted by atomic mass is 19.4. The Morgan fingerprint density at radius 2 is 2.05 bits per heavy atom. The third-order valence-electron chi connectivity index (χ3n) is 1.80. The molecule has 0 aliphatic carbocycles. The molecule has 0 aliphatic rings. The van der Waals surface area contributed by atoms with Crippen molar-refractivity contribution < 1.29 is 32.4 Å². The minimum Gasteiger partial charge on any atom is -0.465 e. The predicted octanol–water partition coefficient (Wildman–Crippen LogP) is 0.968. The Kier molecular flexibility index (Phi) is 3.77. The van der Waals surface area contributed by atoms with Crippen LogP contribution in [0.25, 0.3) is 0 Å². The lowest BCUT2D eigenvalue weighted by molar-refractivity contribution is -0.385. The molecule has 1 rings (SSSR count). The molecule has 0 amide bonds. The molecule has 0 aliphatic heterocycles. The number of alkyl halides is 3. The number of rotatable bonds is 3. The van der Waals surface area contributed by atoms with E-state index >= 15 is 0 Å². The van der Waals surface area contributed by atoms with Gasteiger partial charge >= 0.3 is 12.3 Å². The van der Waals surface area contributed by atoms with Crippen molar-refractivity contribution in [2.45, 2.75) is 6.36 Å². The average molecular weight is 282 g/mol. The molecule has 1 heterocycles. The third kappa shape index (κ3) is 3.43. The summed E-state index contributed by atoms with van der Waals surface area (Å²) in [5.74, 6) is -2.57. The first-order chi connectivity index (χ1) is 8.65. The van der Waals surface area contributed by atoms with Gasteiger partial charge in [0.1, 0.15) is 0 Å². The molecule has 0 aromatic carbocycles. The summed E-state index contributed by atoms with van der Waals surface area (Å²) >= 11 is 0. The van der Waals surface area contributed by atoms with E-state index in [2.05, 4.69) is 9.47 Å². The van der Waals surface area contributed by atoms with Crippen molar-refractivity contribution in [1.29, 1.82) is 0 Å². The Bertz CT molecular complexity index is 579. The largest absolute Gasteiger partial charge is 0.574 e. The number of ether oxygens (including phenoxy) is 2. The minimum atomic E-state index is -5.15. The summed E-state index contributed by atoms with van der Waals surface area (Å²) in [4.78, 5) is 33.4.